The molecule has 0 aromatic heterocycles. The molecule has 0 atom stereocenters. The predicted octanol–water partition coefficient (Wildman–Crippen LogP) is 4.94. The summed E-state index contributed by atoms with van der Waals surface area (Å²) in [5.74, 6) is 1.15. The van der Waals surface area contributed by atoms with E-state index < -0.39 is 4.92 Å². The molecule has 0 fully saturated rings. The molecular formula is C13H9BrClNO3. The number of hydrogen-bond donors (Lipinski definition) is 0. The van der Waals surface area contributed by atoms with E-state index in [0.717, 1.165) is 5.56 Å². The maximum Gasteiger partial charge on any atom is 0.269 e. The molecule has 0 saturated carbocycles. The molecule has 0 saturated heterocycles. The molecule has 0 heterocycles. The minimum atomic E-state index is -0.451. The lowest BCUT2D eigenvalue weighted by atomic mass is 10.2. The molecular weight excluding hydrogens is 334 g/mol. The van der Waals surface area contributed by atoms with E-state index in [-0.39, 0.29) is 5.69 Å². The van der Waals surface area contributed by atoms with E-state index in [9.17, 15) is 10.1 Å². The van der Waals surface area contributed by atoms with Crippen LogP contribution in [0.2, 0.25) is 5.02 Å². The van der Waals surface area contributed by atoms with Crippen molar-refractivity contribution in [1.82, 2.24) is 0 Å². The first-order chi connectivity index (χ1) is 9.11. The fraction of sp³-hybridized carbons (Fsp3) is 0.0769. The zero-order valence-electron chi connectivity index (χ0n) is 9.68. The van der Waals surface area contributed by atoms with Crippen LogP contribution in [-0.4, -0.2) is 4.92 Å². The number of non-ortho nitro benzene ring substituents is 1. The van der Waals surface area contributed by atoms with Crippen LogP contribution in [0.15, 0.2) is 42.5 Å². The van der Waals surface area contributed by atoms with Gasteiger partial charge in [-0.25, -0.2) is 0 Å². The molecule has 2 aromatic rings. The highest BCUT2D eigenvalue weighted by atomic mass is 79.9. The van der Waals surface area contributed by atoms with Crippen molar-refractivity contribution in [1.29, 1.82) is 0 Å². The minimum absolute atomic E-state index is 0.0270. The average molecular weight is 343 g/mol. The van der Waals surface area contributed by atoms with Gasteiger partial charge in [0.2, 0.25) is 0 Å². The summed E-state index contributed by atoms with van der Waals surface area (Å²) in [6.45, 7) is 0. The Morgan fingerprint density at radius 2 is 1.89 bits per heavy atom. The summed E-state index contributed by atoms with van der Waals surface area (Å²) < 4.78 is 5.68. The van der Waals surface area contributed by atoms with Crippen LogP contribution in [0.25, 0.3) is 0 Å². The molecule has 0 radical (unpaired) electrons. The molecule has 0 aliphatic carbocycles. The molecule has 0 amide bonds. The molecule has 19 heavy (non-hydrogen) atoms. The van der Waals surface area contributed by atoms with E-state index in [1.165, 1.54) is 12.1 Å². The summed E-state index contributed by atoms with van der Waals surface area (Å²) in [6.07, 6.45) is 0. The molecule has 0 aliphatic rings. The fourth-order valence-corrected chi connectivity index (χ4v) is 2.50. The number of alkyl halides is 1. The minimum Gasteiger partial charge on any atom is -0.457 e. The fourth-order valence-electron chi connectivity index (χ4n) is 1.53. The third-order valence-corrected chi connectivity index (χ3v) is 3.40. The Balaban J connectivity index is 2.26. The summed E-state index contributed by atoms with van der Waals surface area (Å²) in [5, 5.41) is 11.7. The first kappa shape index (κ1) is 13.8. The Morgan fingerprint density at radius 3 is 2.47 bits per heavy atom. The summed E-state index contributed by atoms with van der Waals surface area (Å²) in [7, 11) is 0. The van der Waals surface area contributed by atoms with Crippen LogP contribution >= 0.6 is 27.5 Å². The van der Waals surface area contributed by atoms with Crippen LogP contribution in [0.1, 0.15) is 5.56 Å². The smallest absolute Gasteiger partial charge is 0.269 e. The molecule has 0 bridgehead atoms. The van der Waals surface area contributed by atoms with Crippen LogP contribution in [-0.2, 0) is 5.33 Å². The number of nitro groups is 1. The van der Waals surface area contributed by atoms with Gasteiger partial charge in [-0.3, -0.25) is 10.1 Å². The van der Waals surface area contributed by atoms with Gasteiger partial charge >= 0.3 is 0 Å². The Kier molecular flexibility index (Phi) is 4.39. The zero-order valence-corrected chi connectivity index (χ0v) is 12.0. The van der Waals surface area contributed by atoms with Gasteiger partial charge in [0.05, 0.1) is 4.92 Å². The molecule has 4 nitrogen and oxygen atoms in total. The second-order valence-corrected chi connectivity index (χ2v) is 4.67. The quantitative estimate of drug-likeness (QED) is 0.449. The lowest BCUT2D eigenvalue weighted by Crippen LogP contribution is -1.91. The third kappa shape index (κ3) is 3.24. The number of benzene rings is 2. The van der Waals surface area contributed by atoms with E-state index in [1.807, 2.05) is 0 Å². The second-order valence-electron chi connectivity index (χ2n) is 3.70. The summed E-state index contributed by atoms with van der Waals surface area (Å²) >= 11 is 9.41. The van der Waals surface area contributed by atoms with Crippen molar-refractivity contribution in [3.63, 3.8) is 0 Å². The topological polar surface area (TPSA) is 52.4 Å². The summed E-state index contributed by atoms with van der Waals surface area (Å²) in [6, 6.07) is 11.3. The zero-order chi connectivity index (χ0) is 13.8. The predicted molar refractivity (Wildman–Crippen MR) is 77.3 cm³/mol. The number of halogens is 2. The van der Waals surface area contributed by atoms with E-state index in [2.05, 4.69) is 15.9 Å². The van der Waals surface area contributed by atoms with E-state index in [4.69, 9.17) is 16.3 Å². The van der Waals surface area contributed by atoms with Gasteiger partial charge in [-0.1, -0.05) is 33.6 Å². The number of ether oxygens (including phenoxy) is 1. The van der Waals surface area contributed by atoms with Crippen LogP contribution in [0.4, 0.5) is 5.69 Å². The highest BCUT2D eigenvalue weighted by molar-refractivity contribution is 9.08. The number of hydrogen-bond acceptors (Lipinski definition) is 3. The molecule has 0 spiro atoms. The van der Waals surface area contributed by atoms with Gasteiger partial charge < -0.3 is 4.74 Å². The largest absolute Gasteiger partial charge is 0.457 e. The molecule has 2 rings (SSSR count). The van der Waals surface area contributed by atoms with Crippen molar-refractivity contribution in [3.05, 3.63) is 63.2 Å². The highest BCUT2D eigenvalue weighted by Gasteiger charge is 2.09. The molecule has 6 heteroatoms. The standard InChI is InChI=1S/C13H9BrClNO3/c14-8-11-12(15)2-1-3-13(11)19-10-6-4-9(5-7-10)16(17)18/h1-7H,8H2. The van der Waals surface area contributed by atoms with Gasteiger partial charge in [0.25, 0.3) is 5.69 Å². The third-order valence-electron chi connectivity index (χ3n) is 2.48. The van der Waals surface area contributed by atoms with Crippen LogP contribution in [0.3, 0.4) is 0 Å². The van der Waals surface area contributed by atoms with Crippen molar-refractivity contribution >= 4 is 33.2 Å². The Hall–Kier alpha value is -1.59. The summed E-state index contributed by atoms with van der Waals surface area (Å²) in [4.78, 5) is 10.1. The highest BCUT2D eigenvalue weighted by Crippen LogP contribution is 2.32. The Bertz CT molecular complexity index is 601. The maximum atomic E-state index is 10.6. The van der Waals surface area contributed by atoms with Crippen molar-refractivity contribution in [3.8, 4) is 11.5 Å². The first-order valence-electron chi connectivity index (χ1n) is 5.37. The number of nitrogens with zero attached hydrogens (tertiary/aromatic N) is 1. The SMILES string of the molecule is O=[N+]([O-])c1ccc(Oc2cccc(Cl)c2CBr)cc1. The number of rotatable bonds is 4. The normalized spacial score (nSPS) is 10.2. The van der Waals surface area contributed by atoms with Gasteiger partial charge in [-0.15, -0.1) is 0 Å². The molecule has 98 valence electrons. The van der Waals surface area contributed by atoms with Gasteiger partial charge in [0.15, 0.2) is 0 Å². The van der Waals surface area contributed by atoms with Crippen molar-refractivity contribution in [2.45, 2.75) is 5.33 Å². The molecule has 2 aromatic carbocycles. The maximum absolute atomic E-state index is 10.6. The van der Waals surface area contributed by atoms with Crippen LogP contribution in [0.5, 0.6) is 11.5 Å². The van der Waals surface area contributed by atoms with Crippen molar-refractivity contribution < 1.29 is 9.66 Å². The van der Waals surface area contributed by atoms with E-state index in [0.29, 0.717) is 21.9 Å². The molecule has 0 N–H and O–H groups in total. The summed E-state index contributed by atoms with van der Waals surface area (Å²) in [5.41, 5.74) is 0.863. The number of nitro benzene ring substituents is 1. The lowest BCUT2D eigenvalue weighted by molar-refractivity contribution is -0.384. The Morgan fingerprint density at radius 1 is 1.21 bits per heavy atom. The molecule has 0 unspecified atom stereocenters. The van der Waals surface area contributed by atoms with Crippen LogP contribution in [0, 0.1) is 10.1 Å². The molecule has 0 aliphatic heterocycles. The Labute approximate surface area is 123 Å². The van der Waals surface area contributed by atoms with Gasteiger partial charge in [-0.2, -0.15) is 0 Å². The van der Waals surface area contributed by atoms with Gasteiger partial charge in [0, 0.05) is 28.0 Å². The van der Waals surface area contributed by atoms with Crippen molar-refractivity contribution in [2.24, 2.45) is 0 Å². The first-order valence-corrected chi connectivity index (χ1v) is 6.87. The van der Waals surface area contributed by atoms with Crippen LogP contribution < -0.4 is 4.74 Å². The van der Waals surface area contributed by atoms with E-state index >= 15 is 0 Å². The monoisotopic (exact) mass is 341 g/mol. The van der Waals surface area contributed by atoms with Crippen molar-refractivity contribution in [2.75, 3.05) is 0 Å². The second kappa shape index (κ2) is 6.04. The lowest BCUT2D eigenvalue weighted by Gasteiger charge is -2.10. The van der Waals surface area contributed by atoms with E-state index in [1.54, 1.807) is 30.3 Å². The van der Waals surface area contributed by atoms with Gasteiger partial charge in [-0.05, 0) is 24.3 Å². The van der Waals surface area contributed by atoms with Gasteiger partial charge in [0.1, 0.15) is 11.5 Å². The average Bonchev–Trinajstić information content (AvgIpc) is 2.39.